The first-order chi connectivity index (χ1) is 16.8. The van der Waals surface area contributed by atoms with Gasteiger partial charge < -0.3 is 26.2 Å². The molecule has 0 aliphatic heterocycles. The first-order valence-electron chi connectivity index (χ1n) is 12.7. The van der Waals surface area contributed by atoms with Crippen LogP contribution in [0.3, 0.4) is 0 Å². The molecule has 35 heavy (non-hydrogen) atoms. The molecule has 3 atom stereocenters. The first kappa shape index (κ1) is 28.5. The molecule has 2 amide bonds. The number of carbonyl (C=O) groups is 2. The van der Waals surface area contributed by atoms with Gasteiger partial charge in [0.1, 0.15) is 0 Å². The zero-order valence-corrected chi connectivity index (χ0v) is 21.2. The minimum Gasteiger partial charge on any atom is -0.392 e. The van der Waals surface area contributed by atoms with E-state index in [0.29, 0.717) is 43.6 Å². The Hall–Kier alpha value is -2.74. The van der Waals surface area contributed by atoms with Crippen LogP contribution < -0.4 is 11.1 Å². The van der Waals surface area contributed by atoms with Crippen molar-refractivity contribution in [2.45, 2.75) is 64.6 Å². The Morgan fingerprint density at radius 1 is 0.914 bits per heavy atom. The maximum Gasteiger partial charge on any atom is 0.254 e. The molecule has 0 aliphatic carbocycles. The zero-order chi connectivity index (χ0) is 25.8. The summed E-state index contributed by atoms with van der Waals surface area (Å²) in [6.07, 6.45) is 1.22. The summed E-state index contributed by atoms with van der Waals surface area (Å²) in [5.41, 5.74) is 7.88. The summed E-state index contributed by atoms with van der Waals surface area (Å²) in [5, 5.41) is 24.4. The summed E-state index contributed by atoms with van der Waals surface area (Å²) < 4.78 is 0. The van der Waals surface area contributed by atoms with Crippen molar-refractivity contribution in [1.82, 2.24) is 10.2 Å². The summed E-state index contributed by atoms with van der Waals surface area (Å²) in [6, 6.07) is 14.7. The fraction of sp³-hybridized carbons (Fsp3) is 0.500. The highest BCUT2D eigenvalue weighted by molar-refractivity contribution is 6.02. The number of nitrogens with zero attached hydrogens (tertiary/aromatic N) is 1. The number of benzene rings is 2. The van der Waals surface area contributed by atoms with E-state index in [2.05, 4.69) is 5.32 Å². The number of rotatable bonds is 15. The number of nitrogens with two attached hydrogens (primary N) is 1. The molecule has 7 heteroatoms. The van der Waals surface area contributed by atoms with Gasteiger partial charge in [0.2, 0.25) is 5.91 Å². The Balaban J connectivity index is 2.56. The lowest BCUT2D eigenvalue weighted by atomic mass is 9.81. The number of aliphatic hydroxyl groups is 2. The maximum absolute atomic E-state index is 13.7. The number of hydrogen-bond acceptors (Lipinski definition) is 5. The summed E-state index contributed by atoms with van der Waals surface area (Å²) in [5.74, 6) is -1.35. The van der Waals surface area contributed by atoms with E-state index >= 15 is 0 Å². The largest absolute Gasteiger partial charge is 0.392 e. The van der Waals surface area contributed by atoms with Crippen molar-refractivity contribution in [1.29, 1.82) is 0 Å². The molecule has 0 aromatic heterocycles. The van der Waals surface area contributed by atoms with E-state index in [4.69, 9.17) is 5.73 Å². The molecule has 5 N–H and O–H groups in total. The molecule has 0 fully saturated rings. The van der Waals surface area contributed by atoms with Crippen molar-refractivity contribution < 1.29 is 19.8 Å². The van der Waals surface area contributed by atoms with Crippen molar-refractivity contribution in [2.75, 3.05) is 26.2 Å². The lowest BCUT2D eigenvalue weighted by molar-refractivity contribution is 0.0751. The molecule has 0 heterocycles. The van der Waals surface area contributed by atoms with Crippen LogP contribution in [0.25, 0.3) is 0 Å². The highest BCUT2D eigenvalue weighted by atomic mass is 16.3. The smallest absolute Gasteiger partial charge is 0.254 e. The standard InChI is InChI=1S/C28H41N3O4/c1-4-15-31(16-5-2)28(35)23-14-10-13-22(27(29)34)26(23)24(17-20-11-8-7-9-12-20)25(33)19-30-18-21(32)6-3/h7-14,21,24-25,30,32-33H,4-6,15-19H2,1-3H3,(H2,29,34)/t21?,24-,25+/m1/s1. The number of primary amides is 1. The number of amides is 2. The van der Waals surface area contributed by atoms with E-state index in [1.807, 2.05) is 51.1 Å². The van der Waals surface area contributed by atoms with Gasteiger partial charge in [-0.3, -0.25) is 9.59 Å². The SMILES string of the molecule is CCCN(CCC)C(=O)c1cccc(C(N)=O)c1[C@H](Cc1ccccc1)[C@@H](O)CNCC(O)CC. The first-order valence-corrected chi connectivity index (χ1v) is 12.7. The third-order valence-electron chi connectivity index (χ3n) is 6.21. The predicted octanol–water partition coefficient (Wildman–Crippen LogP) is 3.10. The van der Waals surface area contributed by atoms with Gasteiger partial charge in [0.15, 0.2) is 0 Å². The Bertz CT molecular complexity index is 929. The molecule has 0 spiro atoms. The van der Waals surface area contributed by atoms with Crippen LogP contribution >= 0.6 is 0 Å². The van der Waals surface area contributed by atoms with E-state index < -0.39 is 24.0 Å². The minimum atomic E-state index is -0.919. The van der Waals surface area contributed by atoms with Gasteiger partial charge in [-0.15, -0.1) is 0 Å². The zero-order valence-electron chi connectivity index (χ0n) is 21.2. The summed E-state index contributed by atoms with van der Waals surface area (Å²) >= 11 is 0. The fourth-order valence-corrected chi connectivity index (χ4v) is 4.37. The third kappa shape index (κ3) is 8.16. The molecule has 0 saturated heterocycles. The molecule has 192 valence electrons. The van der Waals surface area contributed by atoms with Crippen LogP contribution in [0.1, 0.15) is 77.8 Å². The van der Waals surface area contributed by atoms with E-state index in [1.165, 1.54) is 0 Å². The molecule has 0 bridgehead atoms. The van der Waals surface area contributed by atoms with Crippen LogP contribution in [-0.4, -0.2) is 65.3 Å². The molecule has 2 aromatic carbocycles. The summed E-state index contributed by atoms with van der Waals surface area (Å²) in [4.78, 5) is 28.0. The third-order valence-corrected chi connectivity index (χ3v) is 6.21. The molecule has 1 unspecified atom stereocenters. The lowest BCUT2D eigenvalue weighted by Crippen LogP contribution is -2.39. The van der Waals surface area contributed by atoms with Crippen LogP contribution in [0.5, 0.6) is 0 Å². The van der Waals surface area contributed by atoms with Crippen molar-refractivity contribution in [3.05, 3.63) is 70.8 Å². The van der Waals surface area contributed by atoms with Crippen LogP contribution in [-0.2, 0) is 6.42 Å². The quantitative estimate of drug-likeness (QED) is 0.311. The molecule has 2 aromatic rings. The average molecular weight is 484 g/mol. The van der Waals surface area contributed by atoms with E-state index in [0.717, 1.165) is 18.4 Å². The topological polar surface area (TPSA) is 116 Å². The van der Waals surface area contributed by atoms with Crippen molar-refractivity contribution >= 4 is 11.8 Å². The van der Waals surface area contributed by atoms with Gasteiger partial charge in [0.25, 0.3) is 5.91 Å². The number of hydrogen-bond donors (Lipinski definition) is 4. The van der Waals surface area contributed by atoms with Crippen LogP contribution in [0.15, 0.2) is 48.5 Å². The molecular weight excluding hydrogens is 442 g/mol. The van der Waals surface area contributed by atoms with Gasteiger partial charge in [-0.2, -0.15) is 0 Å². The minimum absolute atomic E-state index is 0.161. The van der Waals surface area contributed by atoms with Crippen LogP contribution in [0.4, 0.5) is 0 Å². The number of aliphatic hydroxyl groups excluding tert-OH is 2. The number of nitrogens with one attached hydrogen (secondary N) is 1. The van der Waals surface area contributed by atoms with Crippen LogP contribution in [0, 0.1) is 0 Å². The Morgan fingerprint density at radius 3 is 2.11 bits per heavy atom. The summed E-state index contributed by atoms with van der Waals surface area (Å²) in [6.45, 7) is 7.69. The fourth-order valence-electron chi connectivity index (χ4n) is 4.37. The van der Waals surface area contributed by atoms with Gasteiger partial charge in [0.05, 0.1) is 12.2 Å². The predicted molar refractivity (Wildman–Crippen MR) is 140 cm³/mol. The molecule has 2 rings (SSSR count). The van der Waals surface area contributed by atoms with Gasteiger partial charge in [-0.25, -0.2) is 0 Å². The maximum atomic E-state index is 13.7. The van der Waals surface area contributed by atoms with E-state index in [-0.39, 0.29) is 18.0 Å². The number of carbonyl (C=O) groups excluding carboxylic acids is 2. The van der Waals surface area contributed by atoms with Crippen LogP contribution in [0.2, 0.25) is 0 Å². The van der Waals surface area contributed by atoms with Gasteiger partial charge in [-0.05, 0) is 48.9 Å². The average Bonchev–Trinajstić information content (AvgIpc) is 2.86. The second-order valence-electron chi connectivity index (χ2n) is 9.01. The highest BCUT2D eigenvalue weighted by Crippen LogP contribution is 2.32. The van der Waals surface area contributed by atoms with Crippen molar-refractivity contribution in [3.8, 4) is 0 Å². The van der Waals surface area contributed by atoms with Gasteiger partial charge >= 0.3 is 0 Å². The second-order valence-corrected chi connectivity index (χ2v) is 9.01. The Labute approximate surface area is 209 Å². The van der Waals surface area contributed by atoms with E-state index in [9.17, 15) is 19.8 Å². The van der Waals surface area contributed by atoms with E-state index in [1.54, 1.807) is 23.1 Å². The Morgan fingerprint density at radius 2 is 1.54 bits per heavy atom. The lowest BCUT2D eigenvalue weighted by Gasteiger charge is -2.30. The molecule has 0 aliphatic rings. The molecule has 7 nitrogen and oxygen atoms in total. The molecule has 0 radical (unpaired) electrons. The highest BCUT2D eigenvalue weighted by Gasteiger charge is 2.31. The Kier molecular flexibility index (Phi) is 11.9. The molecule has 0 saturated carbocycles. The monoisotopic (exact) mass is 483 g/mol. The van der Waals surface area contributed by atoms with Crippen molar-refractivity contribution in [3.63, 3.8) is 0 Å². The molecular formula is C28H41N3O4. The normalized spacial score (nSPS) is 13.7. The van der Waals surface area contributed by atoms with Crippen molar-refractivity contribution in [2.24, 2.45) is 5.73 Å². The van der Waals surface area contributed by atoms with Gasteiger partial charge in [0, 0.05) is 43.2 Å². The summed E-state index contributed by atoms with van der Waals surface area (Å²) in [7, 11) is 0. The van der Waals surface area contributed by atoms with Gasteiger partial charge in [-0.1, -0.05) is 57.2 Å². The second kappa shape index (κ2) is 14.6.